The van der Waals surface area contributed by atoms with Crippen LogP contribution in [-0.2, 0) is 20.2 Å². The second-order valence-electron chi connectivity index (χ2n) is 7.21. The van der Waals surface area contributed by atoms with Crippen LogP contribution in [0.25, 0.3) is 0 Å². The molecule has 0 spiro atoms. The van der Waals surface area contributed by atoms with Gasteiger partial charge in [-0.3, -0.25) is 10.1 Å². The summed E-state index contributed by atoms with van der Waals surface area (Å²) < 4.78 is 26.9. The number of nitrogens with zero attached hydrogens (tertiary/aromatic N) is 2. The molecule has 1 rings (SSSR count). The molecule has 10 heteroatoms. The fraction of sp³-hybridized carbons (Fsp3) is 0.588. The number of rotatable bonds is 7. The molecule has 1 aromatic carbocycles. The van der Waals surface area contributed by atoms with E-state index in [9.17, 15) is 19.1 Å². The SMILES string of the molecule is C[C@@H](CCO)Oc1cc(C[S@](C)(=O)=NC(=O)OC(C)(C)C)cc([N+](=O)[O-])c1. The highest BCUT2D eigenvalue weighted by Crippen LogP contribution is 2.25. The lowest BCUT2D eigenvalue weighted by Crippen LogP contribution is -2.22. The van der Waals surface area contributed by atoms with E-state index in [0.717, 1.165) is 0 Å². The Morgan fingerprint density at radius 3 is 2.52 bits per heavy atom. The van der Waals surface area contributed by atoms with Crippen LogP contribution in [0, 0.1) is 10.1 Å². The number of hydrogen-bond donors (Lipinski definition) is 1. The Labute approximate surface area is 159 Å². The highest BCUT2D eigenvalue weighted by atomic mass is 32.2. The monoisotopic (exact) mass is 402 g/mol. The van der Waals surface area contributed by atoms with Gasteiger partial charge in [0.1, 0.15) is 11.4 Å². The van der Waals surface area contributed by atoms with E-state index in [0.29, 0.717) is 12.0 Å². The molecule has 0 aliphatic carbocycles. The van der Waals surface area contributed by atoms with E-state index in [1.54, 1.807) is 27.7 Å². The van der Waals surface area contributed by atoms with Gasteiger partial charge in [0.05, 0.1) is 32.6 Å². The van der Waals surface area contributed by atoms with E-state index in [1.807, 2.05) is 0 Å². The molecular weight excluding hydrogens is 376 g/mol. The molecule has 0 heterocycles. The largest absolute Gasteiger partial charge is 0.490 e. The van der Waals surface area contributed by atoms with Gasteiger partial charge in [0, 0.05) is 25.3 Å². The number of hydrogen-bond acceptors (Lipinski definition) is 7. The summed E-state index contributed by atoms with van der Waals surface area (Å²) in [6.07, 6.45) is 0.331. The van der Waals surface area contributed by atoms with Crippen LogP contribution >= 0.6 is 0 Å². The molecule has 0 saturated carbocycles. The number of carbonyl (C=O) groups is 1. The Morgan fingerprint density at radius 1 is 1.37 bits per heavy atom. The second-order valence-corrected chi connectivity index (χ2v) is 9.60. The first-order chi connectivity index (χ1) is 12.3. The van der Waals surface area contributed by atoms with Crippen molar-refractivity contribution in [2.45, 2.75) is 51.6 Å². The number of carbonyl (C=O) groups excluding carboxylic acids is 1. The zero-order chi connectivity index (χ0) is 20.8. The zero-order valence-electron chi connectivity index (χ0n) is 16.1. The average Bonchev–Trinajstić information content (AvgIpc) is 2.43. The van der Waals surface area contributed by atoms with E-state index in [-0.39, 0.29) is 29.9 Å². The quantitative estimate of drug-likeness (QED) is 0.547. The van der Waals surface area contributed by atoms with Crippen LogP contribution in [0.4, 0.5) is 10.5 Å². The summed E-state index contributed by atoms with van der Waals surface area (Å²) >= 11 is 0. The first kappa shape index (κ1) is 22.8. The second kappa shape index (κ2) is 9.14. The van der Waals surface area contributed by atoms with Crippen LogP contribution in [0.3, 0.4) is 0 Å². The number of nitro benzene ring substituents is 1. The Bertz CT molecular complexity index is 808. The molecule has 27 heavy (non-hydrogen) atoms. The maximum atomic E-state index is 12.7. The molecule has 0 radical (unpaired) electrons. The molecule has 9 nitrogen and oxygen atoms in total. The number of benzene rings is 1. The fourth-order valence-electron chi connectivity index (χ4n) is 2.15. The van der Waals surface area contributed by atoms with Gasteiger partial charge in [-0.1, -0.05) is 0 Å². The van der Waals surface area contributed by atoms with Gasteiger partial charge in [-0.15, -0.1) is 4.36 Å². The summed E-state index contributed by atoms with van der Waals surface area (Å²) in [5, 5.41) is 20.1. The van der Waals surface area contributed by atoms with E-state index in [4.69, 9.17) is 14.6 Å². The van der Waals surface area contributed by atoms with Gasteiger partial charge < -0.3 is 14.6 Å². The van der Waals surface area contributed by atoms with Crippen molar-refractivity contribution in [2.75, 3.05) is 12.9 Å². The first-order valence-corrected chi connectivity index (χ1v) is 10.4. The van der Waals surface area contributed by atoms with Crippen LogP contribution in [-0.4, -0.2) is 44.9 Å². The minimum Gasteiger partial charge on any atom is -0.490 e. The summed E-state index contributed by atoms with van der Waals surface area (Å²) in [5.74, 6) is 0.0335. The Kier molecular flexibility index (Phi) is 7.73. The van der Waals surface area contributed by atoms with E-state index < -0.39 is 26.3 Å². The lowest BCUT2D eigenvalue weighted by molar-refractivity contribution is -0.385. The first-order valence-electron chi connectivity index (χ1n) is 8.30. The molecule has 0 saturated heterocycles. The highest BCUT2D eigenvalue weighted by Gasteiger charge is 2.19. The van der Waals surface area contributed by atoms with Crippen molar-refractivity contribution >= 4 is 21.5 Å². The fourth-order valence-corrected chi connectivity index (χ4v) is 3.36. The molecule has 0 fully saturated rings. The third kappa shape index (κ3) is 8.83. The average molecular weight is 402 g/mol. The van der Waals surface area contributed by atoms with Crippen LogP contribution in [0.5, 0.6) is 5.75 Å². The Hall–Kier alpha value is -2.20. The Morgan fingerprint density at radius 2 is 2.00 bits per heavy atom. The lowest BCUT2D eigenvalue weighted by atomic mass is 10.2. The van der Waals surface area contributed by atoms with Gasteiger partial charge >= 0.3 is 6.09 Å². The smallest absolute Gasteiger partial charge is 0.442 e. The third-order valence-electron chi connectivity index (χ3n) is 3.13. The minimum absolute atomic E-state index is 0.0828. The molecule has 1 amide bonds. The minimum atomic E-state index is -3.02. The summed E-state index contributed by atoms with van der Waals surface area (Å²) in [6.45, 7) is 6.62. The number of nitro groups is 1. The van der Waals surface area contributed by atoms with Gasteiger partial charge in [0.2, 0.25) is 0 Å². The molecule has 1 aromatic rings. The molecule has 0 aromatic heterocycles. The number of amides is 1. The van der Waals surface area contributed by atoms with Gasteiger partial charge in [-0.2, -0.15) is 0 Å². The number of ether oxygens (including phenoxy) is 2. The van der Waals surface area contributed by atoms with Crippen molar-refractivity contribution in [3.8, 4) is 5.75 Å². The molecule has 0 unspecified atom stereocenters. The van der Waals surface area contributed by atoms with Gasteiger partial charge in [0.15, 0.2) is 0 Å². The highest BCUT2D eigenvalue weighted by molar-refractivity contribution is 7.92. The molecule has 1 N–H and O–H groups in total. The van der Waals surface area contributed by atoms with E-state index in [1.165, 1.54) is 24.5 Å². The van der Waals surface area contributed by atoms with Crippen molar-refractivity contribution in [3.05, 3.63) is 33.9 Å². The number of non-ortho nitro benzene ring substituents is 1. The summed E-state index contributed by atoms with van der Waals surface area (Å²) in [6, 6.07) is 4.02. The molecule has 152 valence electrons. The van der Waals surface area contributed by atoms with Crippen molar-refractivity contribution in [1.29, 1.82) is 0 Å². The topological polar surface area (TPSA) is 128 Å². The van der Waals surface area contributed by atoms with Gasteiger partial charge in [-0.25, -0.2) is 9.00 Å². The molecule has 0 aliphatic rings. The standard InChI is InChI=1S/C17H26N2O7S/c1-12(6-7-20)25-15-9-13(8-14(10-15)19(22)23)11-27(5,24)18-16(21)26-17(2,3)4/h8-10,12,20H,6-7,11H2,1-5H3/t12-,27-/m0/s1. The maximum Gasteiger partial charge on any atom is 0.442 e. The summed E-state index contributed by atoms with van der Waals surface area (Å²) in [7, 11) is -3.02. The third-order valence-corrected chi connectivity index (χ3v) is 4.53. The molecular formula is C17H26N2O7S. The number of aliphatic hydroxyl groups excluding tert-OH is 1. The molecule has 2 atom stereocenters. The van der Waals surface area contributed by atoms with Crippen LogP contribution in [0.2, 0.25) is 0 Å². The lowest BCUT2D eigenvalue weighted by Gasteiger charge is -2.17. The zero-order valence-corrected chi connectivity index (χ0v) is 16.9. The Balaban J connectivity index is 3.13. The summed E-state index contributed by atoms with van der Waals surface area (Å²) in [4.78, 5) is 22.4. The normalized spacial score (nSPS) is 14.7. The van der Waals surface area contributed by atoms with Crippen molar-refractivity contribution in [1.82, 2.24) is 0 Å². The van der Waals surface area contributed by atoms with Crippen molar-refractivity contribution in [2.24, 2.45) is 4.36 Å². The molecule has 0 aliphatic heterocycles. The summed E-state index contributed by atoms with van der Waals surface area (Å²) in [5.41, 5.74) is -0.660. The van der Waals surface area contributed by atoms with Crippen LogP contribution < -0.4 is 4.74 Å². The van der Waals surface area contributed by atoms with E-state index in [2.05, 4.69) is 4.36 Å². The van der Waals surface area contributed by atoms with Gasteiger partial charge in [-0.05, 0) is 39.3 Å². The van der Waals surface area contributed by atoms with Crippen molar-refractivity contribution < 1.29 is 28.5 Å². The van der Waals surface area contributed by atoms with Gasteiger partial charge in [0.25, 0.3) is 5.69 Å². The molecule has 0 bridgehead atoms. The van der Waals surface area contributed by atoms with Crippen LogP contribution in [0.1, 0.15) is 39.7 Å². The van der Waals surface area contributed by atoms with E-state index >= 15 is 0 Å². The maximum absolute atomic E-state index is 12.7. The van der Waals surface area contributed by atoms with Crippen molar-refractivity contribution in [3.63, 3.8) is 0 Å². The predicted octanol–water partition coefficient (Wildman–Crippen LogP) is 3.28. The number of aliphatic hydroxyl groups is 1. The van der Waals surface area contributed by atoms with Crippen LogP contribution in [0.15, 0.2) is 22.6 Å². The predicted molar refractivity (Wildman–Crippen MR) is 101 cm³/mol.